The Balaban J connectivity index is 1.79. The van der Waals surface area contributed by atoms with Gasteiger partial charge in [-0.2, -0.15) is 0 Å². The quantitative estimate of drug-likeness (QED) is 0.595. The molecule has 0 aromatic rings. The summed E-state index contributed by atoms with van der Waals surface area (Å²) in [7, 11) is 0. The number of rotatable bonds is 6. The maximum atomic E-state index is 9.11. The van der Waals surface area contributed by atoms with Gasteiger partial charge in [-0.3, -0.25) is 0 Å². The van der Waals surface area contributed by atoms with E-state index in [2.05, 4.69) is 0 Å². The number of aliphatic hydroxyl groups is 1. The molecule has 0 aromatic carbocycles. The zero-order valence-electron chi connectivity index (χ0n) is 7.25. The van der Waals surface area contributed by atoms with Gasteiger partial charge in [0.1, 0.15) is 0 Å². The van der Waals surface area contributed by atoms with Crippen molar-refractivity contribution in [2.75, 3.05) is 13.2 Å². The van der Waals surface area contributed by atoms with E-state index in [1.165, 1.54) is 19.3 Å². The Bertz CT molecular complexity index is 99.7. The van der Waals surface area contributed by atoms with Crippen LogP contribution >= 0.6 is 0 Å². The molecule has 1 fully saturated rings. The highest BCUT2D eigenvalue weighted by molar-refractivity contribution is 4.72. The van der Waals surface area contributed by atoms with E-state index < -0.39 is 0 Å². The summed E-state index contributed by atoms with van der Waals surface area (Å²) in [5.74, 6) is 0.939. The van der Waals surface area contributed by atoms with E-state index in [1.807, 2.05) is 6.92 Å². The van der Waals surface area contributed by atoms with Gasteiger partial charge in [-0.15, -0.1) is 0 Å². The van der Waals surface area contributed by atoms with Gasteiger partial charge in [0.25, 0.3) is 0 Å². The maximum Gasteiger partial charge on any atom is 0.0771 e. The van der Waals surface area contributed by atoms with Crippen molar-refractivity contribution in [2.45, 2.75) is 38.7 Å². The summed E-state index contributed by atoms with van der Waals surface area (Å²) in [6.45, 7) is 3.32. The highest BCUT2D eigenvalue weighted by Gasteiger charge is 2.20. The first kappa shape index (κ1) is 9.01. The van der Waals surface area contributed by atoms with E-state index in [4.69, 9.17) is 9.84 Å². The molecule has 1 aliphatic carbocycles. The first-order valence-electron chi connectivity index (χ1n) is 4.58. The van der Waals surface area contributed by atoms with Crippen molar-refractivity contribution in [1.29, 1.82) is 0 Å². The van der Waals surface area contributed by atoms with E-state index in [1.54, 1.807) is 0 Å². The zero-order chi connectivity index (χ0) is 8.10. The largest absolute Gasteiger partial charge is 0.391 e. The topological polar surface area (TPSA) is 29.5 Å². The van der Waals surface area contributed by atoms with Gasteiger partial charge in [0.2, 0.25) is 0 Å². The maximum absolute atomic E-state index is 9.11. The number of ether oxygens (including phenoxy) is 1. The molecule has 0 amide bonds. The minimum atomic E-state index is -0.255. The summed E-state index contributed by atoms with van der Waals surface area (Å²) in [5, 5.41) is 9.11. The molecule has 1 unspecified atom stereocenters. The van der Waals surface area contributed by atoms with Crippen LogP contribution in [0.25, 0.3) is 0 Å². The van der Waals surface area contributed by atoms with Gasteiger partial charge in [-0.1, -0.05) is 19.8 Å². The van der Waals surface area contributed by atoms with E-state index in [0.717, 1.165) is 18.9 Å². The lowest BCUT2D eigenvalue weighted by Gasteiger charge is -2.07. The Morgan fingerprint density at radius 2 is 2.27 bits per heavy atom. The lowest BCUT2D eigenvalue weighted by Crippen LogP contribution is -2.14. The lowest BCUT2D eigenvalue weighted by molar-refractivity contribution is 0.0327. The summed E-state index contributed by atoms with van der Waals surface area (Å²) in [6.07, 6.45) is 4.51. The summed E-state index contributed by atoms with van der Waals surface area (Å²) in [5.41, 5.74) is 0. The van der Waals surface area contributed by atoms with Crippen molar-refractivity contribution in [3.8, 4) is 0 Å². The highest BCUT2D eigenvalue weighted by atomic mass is 16.5. The molecule has 2 nitrogen and oxygen atoms in total. The third-order valence-corrected chi connectivity index (χ3v) is 2.15. The minimum Gasteiger partial charge on any atom is -0.391 e. The van der Waals surface area contributed by atoms with Crippen molar-refractivity contribution < 1.29 is 9.84 Å². The molecule has 1 saturated carbocycles. The van der Waals surface area contributed by atoms with Gasteiger partial charge in [0, 0.05) is 6.61 Å². The molecule has 0 radical (unpaired) electrons. The third kappa shape index (κ3) is 4.38. The van der Waals surface area contributed by atoms with E-state index >= 15 is 0 Å². The fourth-order valence-corrected chi connectivity index (χ4v) is 0.994. The molecule has 1 atom stereocenters. The van der Waals surface area contributed by atoms with Gasteiger partial charge in [-0.05, 0) is 18.8 Å². The Morgan fingerprint density at radius 1 is 1.55 bits per heavy atom. The van der Waals surface area contributed by atoms with Crippen molar-refractivity contribution in [1.82, 2.24) is 0 Å². The van der Waals surface area contributed by atoms with E-state index in [0.29, 0.717) is 6.61 Å². The first-order valence-corrected chi connectivity index (χ1v) is 4.58. The molecule has 1 aliphatic rings. The number of hydrogen-bond donors (Lipinski definition) is 1. The van der Waals surface area contributed by atoms with Crippen molar-refractivity contribution >= 4 is 0 Å². The standard InChI is InChI=1S/C9H18O2/c1-2-9(10)7-11-6-5-8-3-4-8/h8-10H,2-7H2,1H3. The molecule has 0 aliphatic heterocycles. The molecule has 11 heavy (non-hydrogen) atoms. The van der Waals surface area contributed by atoms with Crippen LogP contribution < -0.4 is 0 Å². The van der Waals surface area contributed by atoms with Crippen molar-refractivity contribution in [2.24, 2.45) is 5.92 Å². The molecular formula is C9H18O2. The Hall–Kier alpha value is -0.0800. The van der Waals surface area contributed by atoms with Crippen LogP contribution in [0.3, 0.4) is 0 Å². The fourth-order valence-electron chi connectivity index (χ4n) is 0.994. The fraction of sp³-hybridized carbons (Fsp3) is 1.00. The predicted molar refractivity (Wildman–Crippen MR) is 44.5 cm³/mol. The van der Waals surface area contributed by atoms with E-state index in [9.17, 15) is 0 Å². The predicted octanol–water partition coefficient (Wildman–Crippen LogP) is 1.57. The molecule has 1 rings (SSSR count). The van der Waals surface area contributed by atoms with Gasteiger partial charge in [0.15, 0.2) is 0 Å². The summed E-state index contributed by atoms with van der Waals surface area (Å²) < 4.78 is 5.29. The SMILES string of the molecule is CCC(O)COCCC1CC1. The van der Waals surface area contributed by atoms with Crippen LogP contribution in [0.4, 0.5) is 0 Å². The Labute approximate surface area is 68.6 Å². The Kier molecular flexibility index (Phi) is 3.87. The second kappa shape index (κ2) is 4.73. The van der Waals surface area contributed by atoms with Crippen LogP contribution in [-0.4, -0.2) is 24.4 Å². The molecule has 0 spiro atoms. The highest BCUT2D eigenvalue weighted by Crippen LogP contribution is 2.32. The first-order chi connectivity index (χ1) is 5.33. The second-order valence-electron chi connectivity index (χ2n) is 3.37. The molecule has 2 heteroatoms. The van der Waals surface area contributed by atoms with Crippen molar-refractivity contribution in [3.05, 3.63) is 0 Å². The zero-order valence-corrected chi connectivity index (χ0v) is 7.25. The number of hydrogen-bond acceptors (Lipinski definition) is 2. The van der Waals surface area contributed by atoms with Crippen molar-refractivity contribution in [3.63, 3.8) is 0 Å². The summed E-state index contributed by atoms with van der Waals surface area (Å²) in [4.78, 5) is 0. The number of aliphatic hydroxyl groups excluding tert-OH is 1. The Morgan fingerprint density at radius 3 is 2.82 bits per heavy atom. The van der Waals surface area contributed by atoms with Crippen LogP contribution in [0.2, 0.25) is 0 Å². The van der Waals surface area contributed by atoms with Crippen LogP contribution in [-0.2, 0) is 4.74 Å². The molecule has 0 saturated heterocycles. The summed E-state index contributed by atoms with van der Waals surface area (Å²) >= 11 is 0. The molecule has 0 aromatic heterocycles. The average Bonchev–Trinajstić information content (AvgIpc) is 2.81. The second-order valence-corrected chi connectivity index (χ2v) is 3.37. The molecule has 0 heterocycles. The normalized spacial score (nSPS) is 20.2. The lowest BCUT2D eigenvalue weighted by atomic mass is 10.3. The molecule has 1 N–H and O–H groups in total. The minimum absolute atomic E-state index is 0.255. The van der Waals surface area contributed by atoms with Crippen LogP contribution in [0, 0.1) is 5.92 Å². The van der Waals surface area contributed by atoms with Crippen LogP contribution in [0.15, 0.2) is 0 Å². The molecular weight excluding hydrogens is 140 g/mol. The van der Waals surface area contributed by atoms with Crippen LogP contribution in [0.5, 0.6) is 0 Å². The monoisotopic (exact) mass is 158 g/mol. The molecule has 66 valence electrons. The van der Waals surface area contributed by atoms with Gasteiger partial charge in [0.05, 0.1) is 12.7 Å². The van der Waals surface area contributed by atoms with Gasteiger partial charge < -0.3 is 9.84 Å². The van der Waals surface area contributed by atoms with Gasteiger partial charge >= 0.3 is 0 Å². The van der Waals surface area contributed by atoms with E-state index in [-0.39, 0.29) is 6.10 Å². The third-order valence-electron chi connectivity index (χ3n) is 2.15. The van der Waals surface area contributed by atoms with Crippen LogP contribution in [0.1, 0.15) is 32.6 Å². The molecule has 0 bridgehead atoms. The summed E-state index contributed by atoms with van der Waals surface area (Å²) in [6, 6.07) is 0. The smallest absolute Gasteiger partial charge is 0.0771 e. The average molecular weight is 158 g/mol. The van der Waals surface area contributed by atoms with Gasteiger partial charge in [-0.25, -0.2) is 0 Å².